The Kier molecular flexibility index (Phi) is 3.73. The fraction of sp³-hybridized carbons (Fsp3) is 0.333. The van der Waals surface area contributed by atoms with Gasteiger partial charge in [0.2, 0.25) is 0 Å². The minimum Gasteiger partial charge on any atom is -0.259 e. The molecule has 0 atom stereocenters. The molecule has 1 aromatic carbocycles. The lowest BCUT2D eigenvalue weighted by Crippen LogP contribution is -2.29. The highest BCUT2D eigenvalue weighted by atomic mass is 16.7. The van der Waals surface area contributed by atoms with E-state index in [1.54, 1.807) is 24.3 Å². The third-order valence-corrected chi connectivity index (χ3v) is 2.02. The molecule has 1 rings (SSSR count). The zero-order valence-electron chi connectivity index (χ0n) is 7.91. The lowest BCUT2D eigenvalue weighted by molar-refractivity contribution is -0.742. The highest BCUT2D eigenvalue weighted by Gasteiger charge is 2.31. The first kappa shape index (κ1) is 11.1. The van der Waals surface area contributed by atoms with Gasteiger partial charge in [-0.2, -0.15) is 0 Å². The van der Waals surface area contributed by atoms with Crippen molar-refractivity contribution >= 4 is 0 Å². The van der Waals surface area contributed by atoms with Crippen LogP contribution in [0.5, 0.6) is 0 Å². The van der Waals surface area contributed by atoms with Gasteiger partial charge < -0.3 is 0 Å². The van der Waals surface area contributed by atoms with Crippen LogP contribution in [0.1, 0.15) is 12.0 Å². The zero-order chi connectivity index (χ0) is 11.3. The van der Waals surface area contributed by atoms with Gasteiger partial charge in [-0.05, 0) is 12.0 Å². The number of nitro groups is 2. The predicted octanol–water partition coefficient (Wildman–Crippen LogP) is 1.50. The summed E-state index contributed by atoms with van der Waals surface area (Å²) in [5.41, 5.74) is 0.867. The lowest BCUT2D eigenvalue weighted by Gasteiger charge is -2.01. The van der Waals surface area contributed by atoms with Crippen LogP contribution in [0.2, 0.25) is 0 Å². The maximum absolute atomic E-state index is 10.3. The molecule has 0 aliphatic rings. The van der Waals surface area contributed by atoms with Crippen molar-refractivity contribution in [3.8, 4) is 0 Å². The molecule has 0 bridgehead atoms. The van der Waals surface area contributed by atoms with Gasteiger partial charge in [-0.15, -0.1) is 0 Å². The Morgan fingerprint density at radius 2 is 1.60 bits per heavy atom. The summed E-state index contributed by atoms with van der Waals surface area (Å²) in [5.74, 6) is 0. The van der Waals surface area contributed by atoms with E-state index >= 15 is 0 Å². The molecule has 0 amide bonds. The summed E-state index contributed by atoms with van der Waals surface area (Å²) in [6, 6.07) is 8.99. The Labute approximate surface area is 85.8 Å². The van der Waals surface area contributed by atoms with Crippen molar-refractivity contribution in [3.63, 3.8) is 0 Å². The molecule has 0 N–H and O–H groups in total. The standard InChI is InChI=1S/C9H10N2O4/c12-10(13)9(11(14)15)7-6-8-4-2-1-3-5-8/h1-5,9H,6-7H2. The maximum atomic E-state index is 10.3. The number of rotatable bonds is 5. The number of hydrogen-bond acceptors (Lipinski definition) is 4. The van der Waals surface area contributed by atoms with Crippen molar-refractivity contribution < 1.29 is 9.85 Å². The molecule has 0 aliphatic carbocycles. The van der Waals surface area contributed by atoms with Gasteiger partial charge in [0.15, 0.2) is 0 Å². The van der Waals surface area contributed by atoms with Gasteiger partial charge in [0, 0.05) is 0 Å². The third kappa shape index (κ3) is 3.34. The molecule has 0 saturated heterocycles. The highest BCUT2D eigenvalue weighted by molar-refractivity contribution is 5.14. The van der Waals surface area contributed by atoms with Crippen LogP contribution in [0.15, 0.2) is 30.3 Å². The normalized spacial score (nSPS) is 10.2. The topological polar surface area (TPSA) is 86.3 Å². The van der Waals surface area contributed by atoms with Crippen molar-refractivity contribution in [1.82, 2.24) is 0 Å². The van der Waals surface area contributed by atoms with Crippen molar-refractivity contribution in [3.05, 3.63) is 56.1 Å². The summed E-state index contributed by atoms with van der Waals surface area (Å²) < 4.78 is 0. The van der Waals surface area contributed by atoms with E-state index in [1.807, 2.05) is 6.07 Å². The van der Waals surface area contributed by atoms with Crippen molar-refractivity contribution in [2.45, 2.75) is 19.0 Å². The van der Waals surface area contributed by atoms with Crippen molar-refractivity contribution in [2.24, 2.45) is 0 Å². The molecule has 80 valence electrons. The van der Waals surface area contributed by atoms with E-state index < -0.39 is 16.0 Å². The van der Waals surface area contributed by atoms with E-state index in [4.69, 9.17) is 0 Å². The molecule has 0 spiro atoms. The van der Waals surface area contributed by atoms with Crippen molar-refractivity contribution in [1.29, 1.82) is 0 Å². The van der Waals surface area contributed by atoms with Gasteiger partial charge in [0.05, 0.1) is 16.3 Å². The summed E-state index contributed by atoms with van der Waals surface area (Å²) in [5, 5.41) is 20.7. The Bertz CT molecular complexity index is 338. The Morgan fingerprint density at radius 3 is 2.07 bits per heavy atom. The Morgan fingerprint density at radius 1 is 1.07 bits per heavy atom. The number of aryl methyl sites for hydroxylation is 1. The first-order valence-electron chi connectivity index (χ1n) is 4.42. The third-order valence-electron chi connectivity index (χ3n) is 2.02. The monoisotopic (exact) mass is 210 g/mol. The second-order valence-electron chi connectivity index (χ2n) is 3.08. The van der Waals surface area contributed by atoms with E-state index in [-0.39, 0.29) is 6.42 Å². The van der Waals surface area contributed by atoms with Gasteiger partial charge in [-0.1, -0.05) is 30.3 Å². The van der Waals surface area contributed by atoms with Crippen molar-refractivity contribution in [2.75, 3.05) is 0 Å². The largest absolute Gasteiger partial charge is 0.451 e. The molecule has 15 heavy (non-hydrogen) atoms. The average molecular weight is 210 g/mol. The molecule has 0 fully saturated rings. The molecule has 1 aromatic rings. The van der Waals surface area contributed by atoms with E-state index in [2.05, 4.69) is 0 Å². The summed E-state index contributed by atoms with van der Waals surface area (Å²) >= 11 is 0. The molecular weight excluding hydrogens is 200 g/mol. The van der Waals surface area contributed by atoms with Gasteiger partial charge >= 0.3 is 6.17 Å². The zero-order valence-corrected chi connectivity index (χ0v) is 7.91. The predicted molar refractivity (Wildman–Crippen MR) is 52.5 cm³/mol. The number of benzene rings is 1. The smallest absolute Gasteiger partial charge is 0.259 e. The van der Waals surface area contributed by atoms with Crippen LogP contribution in [0.25, 0.3) is 0 Å². The molecule has 0 aromatic heterocycles. The fourth-order valence-corrected chi connectivity index (χ4v) is 1.23. The van der Waals surface area contributed by atoms with Crippen LogP contribution in [-0.2, 0) is 6.42 Å². The number of hydrogen-bond donors (Lipinski definition) is 0. The fourth-order valence-electron chi connectivity index (χ4n) is 1.23. The molecular formula is C9H10N2O4. The summed E-state index contributed by atoms with van der Waals surface area (Å²) in [6.07, 6.45) is -1.44. The molecule has 6 heteroatoms. The molecule has 6 nitrogen and oxygen atoms in total. The van der Waals surface area contributed by atoms with E-state index in [1.165, 1.54) is 0 Å². The Balaban J connectivity index is 2.55. The first-order chi connectivity index (χ1) is 7.11. The quantitative estimate of drug-likeness (QED) is 0.418. The van der Waals surface area contributed by atoms with Crippen LogP contribution < -0.4 is 0 Å². The van der Waals surface area contributed by atoms with Gasteiger partial charge in [-0.25, -0.2) is 0 Å². The highest BCUT2D eigenvalue weighted by Crippen LogP contribution is 2.07. The minimum atomic E-state index is -1.70. The van der Waals surface area contributed by atoms with Gasteiger partial charge in [-0.3, -0.25) is 20.2 Å². The molecule has 0 heterocycles. The van der Waals surface area contributed by atoms with Crippen LogP contribution in [0.3, 0.4) is 0 Å². The second kappa shape index (κ2) is 5.04. The van der Waals surface area contributed by atoms with E-state index in [0.29, 0.717) is 6.42 Å². The molecule has 0 aliphatic heterocycles. The number of nitrogens with zero attached hydrogens (tertiary/aromatic N) is 2. The van der Waals surface area contributed by atoms with E-state index in [0.717, 1.165) is 5.56 Å². The van der Waals surface area contributed by atoms with Crippen LogP contribution in [-0.4, -0.2) is 16.0 Å². The molecule has 0 saturated carbocycles. The van der Waals surface area contributed by atoms with Crippen LogP contribution >= 0.6 is 0 Å². The van der Waals surface area contributed by atoms with Gasteiger partial charge in [0.25, 0.3) is 0 Å². The Hall–Kier alpha value is -1.98. The van der Waals surface area contributed by atoms with Gasteiger partial charge in [0.1, 0.15) is 0 Å². The lowest BCUT2D eigenvalue weighted by atomic mass is 10.1. The molecule has 0 unspecified atom stereocenters. The minimum absolute atomic E-state index is 0.0794. The maximum Gasteiger partial charge on any atom is 0.451 e. The van der Waals surface area contributed by atoms with Crippen LogP contribution in [0, 0.1) is 20.2 Å². The second-order valence-corrected chi connectivity index (χ2v) is 3.08. The SMILES string of the molecule is O=[N+]([O-])C(CCc1ccccc1)[N+](=O)[O-]. The first-order valence-corrected chi connectivity index (χ1v) is 4.42. The van der Waals surface area contributed by atoms with Crippen LogP contribution in [0.4, 0.5) is 0 Å². The summed E-state index contributed by atoms with van der Waals surface area (Å²) in [7, 11) is 0. The molecule has 0 radical (unpaired) electrons. The average Bonchev–Trinajstić information content (AvgIpc) is 2.18. The van der Waals surface area contributed by atoms with E-state index in [9.17, 15) is 20.2 Å². The summed E-state index contributed by atoms with van der Waals surface area (Å²) in [4.78, 5) is 18.9. The summed E-state index contributed by atoms with van der Waals surface area (Å²) in [6.45, 7) is 0.